The van der Waals surface area contributed by atoms with Gasteiger partial charge < -0.3 is 20.9 Å². The van der Waals surface area contributed by atoms with Crippen molar-refractivity contribution in [2.45, 2.75) is 63.8 Å². The molecule has 1 fully saturated rings. The van der Waals surface area contributed by atoms with E-state index in [9.17, 15) is 23.6 Å². The molecule has 4 amide bonds. The first kappa shape index (κ1) is 30.1. The van der Waals surface area contributed by atoms with Crippen LogP contribution in [-0.4, -0.2) is 68.2 Å². The van der Waals surface area contributed by atoms with E-state index in [1.54, 1.807) is 24.7 Å². The molecule has 0 aliphatic carbocycles. The maximum absolute atomic E-state index is 13.8. The van der Waals surface area contributed by atoms with Crippen LogP contribution >= 0.6 is 11.6 Å². The number of hydrogen-bond acceptors (Lipinski definition) is 6. The second-order valence-corrected chi connectivity index (χ2v) is 11.7. The number of amides is 4. The van der Waals surface area contributed by atoms with Crippen LogP contribution in [0.5, 0.6) is 0 Å². The Hall–Kier alpha value is -4.32. The molecule has 3 N–H and O–H groups in total. The topological polar surface area (TPSA) is 138 Å². The van der Waals surface area contributed by atoms with E-state index in [-0.39, 0.29) is 55.2 Å². The molecule has 0 saturated carbocycles. The zero-order valence-electron chi connectivity index (χ0n) is 23.8. The third-order valence-corrected chi connectivity index (χ3v) is 8.15. The van der Waals surface area contributed by atoms with Crippen molar-refractivity contribution in [3.8, 4) is 0 Å². The van der Waals surface area contributed by atoms with Gasteiger partial charge in [-0.1, -0.05) is 67.1 Å². The average molecular weight is 610 g/mol. The van der Waals surface area contributed by atoms with Crippen molar-refractivity contribution in [2.75, 3.05) is 6.54 Å². The molecule has 226 valence electrons. The van der Waals surface area contributed by atoms with Crippen LogP contribution in [0.1, 0.15) is 43.1 Å². The van der Waals surface area contributed by atoms with Gasteiger partial charge in [0.1, 0.15) is 29.6 Å². The van der Waals surface area contributed by atoms with Crippen LogP contribution in [0.2, 0.25) is 5.02 Å². The Bertz CT molecular complexity index is 1520. The molecule has 11 nitrogen and oxygen atoms in total. The third-order valence-electron chi connectivity index (χ3n) is 7.80. The molecule has 3 aromatic rings. The summed E-state index contributed by atoms with van der Waals surface area (Å²) in [4.78, 5) is 55.6. The lowest BCUT2D eigenvalue weighted by molar-refractivity contribution is -0.139. The molecule has 3 heterocycles. The molecule has 13 heteroatoms. The van der Waals surface area contributed by atoms with Gasteiger partial charge in [-0.2, -0.15) is 0 Å². The molecular formula is C30H33ClFN7O4. The largest absolute Gasteiger partial charge is 0.349 e. The van der Waals surface area contributed by atoms with E-state index in [1.165, 1.54) is 17.0 Å². The lowest BCUT2D eigenvalue weighted by Crippen LogP contribution is -2.58. The number of hydrogen-bond donors (Lipinski definition) is 3. The molecule has 4 atom stereocenters. The minimum Gasteiger partial charge on any atom is -0.349 e. The van der Waals surface area contributed by atoms with E-state index in [1.807, 2.05) is 30.3 Å². The van der Waals surface area contributed by atoms with Crippen LogP contribution in [0, 0.1) is 11.7 Å². The highest BCUT2D eigenvalue weighted by atomic mass is 35.5. The highest BCUT2D eigenvalue weighted by molar-refractivity contribution is 6.31. The monoisotopic (exact) mass is 609 g/mol. The van der Waals surface area contributed by atoms with Crippen LogP contribution in [0.15, 0.2) is 54.7 Å². The fraction of sp³-hybridized carbons (Fsp3) is 0.400. The first-order valence-electron chi connectivity index (χ1n) is 14.2. The van der Waals surface area contributed by atoms with Crippen molar-refractivity contribution in [2.24, 2.45) is 5.92 Å². The Morgan fingerprint density at radius 3 is 2.56 bits per heavy atom. The summed E-state index contributed by atoms with van der Waals surface area (Å²) in [5.74, 6) is -2.63. The number of nitrogens with one attached hydrogen (secondary N) is 3. The van der Waals surface area contributed by atoms with Gasteiger partial charge in [-0.05, 0) is 29.2 Å². The normalized spacial score (nSPS) is 22.8. The minimum atomic E-state index is -0.969. The summed E-state index contributed by atoms with van der Waals surface area (Å²) in [6.45, 7) is 3.81. The van der Waals surface area contributed by atoms with E-state index in [0.717, 1.165) is 11.6 Å². The van der Waals surface area contributed by atoms with Gasteiger partial charge in [0.2, 0.25) is 23.6 Å². The van der Waals surface area contributed by atoms with Crippen LogP contribution < -0.4 is 16.0 Å². The highest BCUT2D eigenvalue weighted by Crippen LogP contribution is 2.29. The standard InChI is InChI=1S/C30H33ClFN7O4/c1-17(2)27-30(43)34-24(10-18-6-4-3-5-7-18)28(41)33-14-21-15-39(37-36-21)22-13-25(29(42)35-27)38(16-22)26(40)11-19-8-9-20(32)12-23(19)31/h3-9,12,15,17,22,24-25,27H,10-11,13-14,16H2,1-2H3,(H,33,41)(H,34,43)(H,35,42)/t22-,24+,25-,27-/m0/s1. The molecule has 1 saturated heterocycles. The third kappa shape index (κ3) is 7.02. The van der Waals surface area contributed by atoms with Gasteiger partial charge in [0.15, 0.2) is 0 Å². The van der Waals surface area contributed by atoms with Crippen molar-refractivity contribution in [3.05, 3.63) is 82.4 Å². The molecule has 1 aromatic heterocycles. The van der Waals surface area contributed by atoms with Crippen LogP contribution in [0.4, 0.5) is 4.39 Å². The second-order valence-electron chi connectivity index (χ2n) is 11.3. The molecule has 5 rings (SSSR count). The van der Waals surface area contributed by atoms with Crippen molar-refractivity contribution in [1.82, 2.24) is 35.8 Å². The summed E-state index contributed by atoms with van der Waals surface area (Å²) in [6, 6.07) is 9.92. The zero-order valence-corrected chi connectivity index (χ0v) is 24.6. The lowest BCUT2D eigenvalue weighted by Gasteiger charge is -2.29. The zero-order chi connectivity index (χ0) is 30.7. The Morgan fingerprint density at radius 1 is 1.07 bits per heavy atom. The smallest absolute Gasteiger partial charge is 0.243 e. The molecule has 43 heavy (non-hydrogen) atoms. The molecular weight excluding hydrogens is 577 g/mol. The van der Waals surface area contributed by atoms with Gasteiger partial charge in [0.05, 0.1) is 25.2 Å². The minimum absolute atomic E-state index is 0.0760. The van der Waals surface area contributed by atoms with E-state index in [2.05, 4.69) is 26.3 Å². The summed E-state index contributed by atoms with van der Waals surface area (Å²) >= 11 is 6.18. The molecule has 2 aliphatic rings. The number of carbonyl (C=O) groups is 4. The van der Waals surface area contributed by atoms with E-state index in [0.29, 0.717) is 11.3 Å². The predicted molar refractivity (Wildman–Crippen MR) is 155 cm³/mol. The summed E-state index contributed by atoms with van der Waals surface area (Å²) in [6.07, 6.45) is 2.00. The van der Waals surface area contributed by atoms with Gasteiger partial charge in [-0.15, -0.1) is 5.10 Å². The number of fused-ring (bicyclic) bond motifs is 5. The van der Waals surface area contributed by atoms with Crippen molar-refractivity contribution in [1.29, 1.82) is 0 Å². The van der Waals surface area contributed by atoms with Crippen LogP contribution in [-0.2, 0) is 38.6 Å². The molecule has 0 spiro atoms. The van der Waals surface area contributed by atoms with Gasteiger partial charge in [0.25, 0.3) is 0 Å². The molecule has 2 aliphatic heterocycles. The number of benzene rings is 2. The Balaban J connectivity index is 1.44. The van der Waals surface area contributed by atoms with Gasteiger partial charge in [-0.3, -0.25) is 19.2 Å². The lowest BCUT2D eigenvalue weighted by atomic mass is 10.00. The number of halogens is 2. The summed E-state index contributed by atoms with van der Waals surface area (Å²) in [5.41, 5.74) is 1.77. The van der Waals surface area contributed by atoms with E-state index < -0.39 is 41.7 Å². The predicted octanol–water partition coefficient (Wildman–Crippen LogP) is 1.95. The fourth-order valence-electron chi connectivity index (χ4n) is 5.44. The average Bonchev–Trinajstić information content (AvgIpc) is 3.63. The Labute approximate surface area is 253 Å². The number of nitrogens with zero attached hydrogens (tertiary/aromatic N) is 4. The van der Waals surface area contributed by atoms with E-state index >= 15 is 0 Å². The summed E-state index contributed by atoms with van der Waals surface area (Å²) < 4.78 is 15.2. The number of carbonyl (C=O) groups excluding carboxylic acids is 4. The fourth-order valence-corrected chi connectivity index (χ4v) is 5.67. The number of rotatable bonds is 5. The molecule has 2 aromatic carbocycles. The van der Waals surface area contributed by atoms with Crippen molar-refractivity contribution < 1.29 is 23.6 Å². The molecule has 0 radical (unpaired) electrons. The maximum Gasteiger partial charge on any atom is 0.243 e. The van der Waals surface area contributed by atoms with Gasteiger partial charge in [-0.25, -0.2) is 9.07 Å². The maximum atomic E-state index is 13.8. The summed E-state index contributed by atoms with van der Waals surface area (Å²) in [7, 11) is 0. The van der Waals surface area contributed by atoms with Crippen molar-refractivity contribution >= 4 is 35.2 Å². The van der Waals surface area contributed by atoms with Crippen LogP contribution in [0.3, 0.4) is 0 Å². The quantitative estimate of drug-likeness (QED) is 0.404. The number of aromatic nitrogens is 3. The van der Waals surface area contributed by atoms with Gasteiger partial charge in [0, 0.05) is 24.4 Å². The SMILES string of the molecule is CC(C)[C@@H]1NC(=O)[C@@H]2C[C@@H](CN2C(=O)Cc2ccc(F)cc2Cl)n2cc(nn2)CNC(=O)[C@@H](Cc2ccccc2)NC1=O. The number of likely N-dealkylation sites (tertiary alicyclic amines) is 1. The Kier molecular flexibility index (Phi) is 9.05. The molecule has 0 unspecified atom stereocenters. The second kappa shape index (κ2) is 12.9. The van der Waals surface area contributed by atoms with Crippen molar-refractivity contribution in [3.63, 3.8) is 0 Å². The Morgan fingerprint density at radius 2 is 1.84 bits per heavy atom. The van der Waals surface area contributed by atoms with Gasteiger partial charge >= 0.3 is 0 Å². The summed E-state index contributed by atoms with van der Waals surface area (Å²) in [5, 5.41) is 17.0. The van der Waals surface area contributed by atoms with E-state index in [4.69, 9.17) is 11.6 Å². The highest BCUT2D eigenvalue weighted by Gasteiger charge is 2.42. The first-order valence-corrected chi connectivity index (χ1v) is 14.5. The van der Waals surface area contributed by atoms with Crippen LogP contribution in [0.25, 0.3) is 0 Å². The first-order chi connectivity index (χ1) is 20.6. The molecule has 4 bridgehead atoms.